The van der Waals surface area contributed by atoms with Crippen LogP contribution < -0.4 is 10.6 Å². The van der Waals surface area contributed by atoms with Crippen LogP contribution in [-0.2, 0) is 11.3 Å². The van der Waals surface area contributed by atoms with Crippen LogP contribution in [0, 0.1) is 6.92 Å². The van der Waals surface area contributed by atoms with Gasteiger partial charge in [0.15, 0.2) is 0 Å². The lowest BCUT2D eigenvalue weighted by Crippen LogP contribution is -2.35. The Balaban J connectivity index is 1.79. The van der Waals surface area contributed by atoms with Crippen molar-refractivity contribution in [2.75, 3.05) is 25.5 Å². The fourth-order valence-electron chi connectivity index (χ4n) is 3.02. The van der Waals surface area contributed by atoms with Crippen molar-refractivity contribution >= 4 is 28.4 Å². The first-order valence-electron chi connectivity index (χ1n) is 9.16. The SMILES string of the molecule is CCCNC(=O)CN(C)Cc1c[nH]c2ncnc(Nc3cccc(C)c3)c12. The van der Waals surface area contributed by atoms with E-state index in [2.05, 4.69) is 44.6 Å². The van der Waals surface area contributed by atoms with Gasteiger partial charge in [-0.2, -0.15) is 0 Å². The van der Waals surface area contributed by atoms with Gasteiger partial charge >= 0.3 is 0 Å². The Morgan fingerprint density at radius 2 is 2.15 bits per heavy atom. The number of aryl methyl sites for hydroxylation is 1. The predicted octanol–water partition coefficient (Wildman–Crippen LogP) is 2.97. The van der Waals surface area contributed by atoms with Gasteiger partial charge in [-0.1, -0.05) is 19.1 Å². The van der Waals surface area contributed by atoms with E-state index >= 15 is 0 Å². The zero-order chi connectivity index (χ0) is 19.2. The largest absolute Gasteiger partial charge is 0.355 e. The summed E-state index contributed by atoms with van der Waals surface area (Å²) in [6.07, 6.45) is 4.41. The van der Waals surface area contributed by atoms with Crippen molar-refractivity contribution in [3.63, 3.8) is 0 Å². The van der Waals surface area contributed by atoms with E-state index in [9.17, 15) is 4.79 Å². The summed E-state index contributed by atoms with van der Waals surface area (Å²) in [7, 11) is 1.93. The number of rotatable bonds is 8. The first kappa shape index (κ1) is 18.8. The minimum absolute atomic E-state index is 0.0357. The Bertz CT molecular complexity index is 920. The molecule has 0 atom stereocenters. The molecule has 0 saturated carbocycles. The Morgan fingerprint density at radius 1 is 1.30 bits per heavy atom. The lowest BCUT2D eigenvalue weighted by atomic mass is 10.2. The molecule has 0 radical (unpaired) electrons. The second-order valence-corrected chi connectivity index (χ2v) is 6.78. The number of carbonyl (C=O) groups is 1. The molecule has 0 fully saturated rings. The van der Waals surface area contributed by atoms with Gasteiger partial charge in [-0.05, 0) is 43.7 Å². The zero-order valence-corrected chi connectivity index (χ0v) is 16.0. The van der Waals surface area contributed by atoms with Gasteiger partial charge in [-0.15, -0.1) is 0 Å². The highest BCUT2D eigenvalue weighted by Gasteiger charge is 2.14. The summed E-state index contributed by atoms with van der Waals surface area (Å²) in [5, 5.41) is 7.24. The zero-order valence-electron chi connectivity index (χ0n) is 16.0. The third kappa shape index (κ3) is 4.83. The van der Waals surface area contributed by atoms with Crippen LogP contribution in [0.3, 0.4) is 0 Å². The summed E-state index contributed by atoms with van der Waals surface area (Å²) in [6, 6.07) is 8.15. The van der Waals surface area contributed by atoms with Crippen molar-refractivity contribution in [2.45, 2.75) is 26.8 Å². The third-order valence-corrected chi connectivity index (χ3v) is 4.26. The summed E-state index contributed by atoms with van der Waals surface area (Å²) in [5.41, 5.74) is 3.98. The van der Waals surface area contributed by atoms with Crippen LogP contribution in [0.25, 0.3) is 11.0 Å². The molecule has 0 unspecified atom stereocenters. The van der Waals surface area contributed by atoms with Gasteiger partial charge in [0.05, 0.1) is 11.9 Å². The molecule has 142 valence electrons. The predicted molar refractivity (Wildman–Crippen MR) is 108 cm³/mol. The van der Waals surface area contributed by atoms with E-state index in [4.69, 9.17) is 0 Å². The molecule has 3 N–H and O–H groups in total. The number of H-pyrrole nitrogens is 1. The van der Waals surface area contributed by atoms with Gasteiger partial charge in [0.25, 0.3) is 0 Å². The van der Waals surface area contributed by atoms with E-state index in [-0.39, 0.29) is 5.91 Å². The average Bonchev–Trinajstić information content (AvgIpc) is 3.04. The highest BCUT2D eigenvalue weighted by Crippen LogP contribution is 2.27. The molecule has 27 heavy (non-hydrogen) atoms. The molecule has 0 spiro atoms. The molecule has 0 aliphatic heterocycles. The molecule has 7 nitrogen and oxygen atoms in total. The van der Waals surface area contributed by atoms with Gasteiger partial charge in [-0.3, -0.25) is 9.69 Å². The molecule has 3 rings (SSSR count). The smallest absolute Gasteiger partial charge is 0.234 e. The summed E-state index contributed by atoms with van der Waals surface area (Å²) in [6.45, 7) is 5.77. The van der Waals surface area contributed by atoms with Crippen LogP contribution in [0.5, 0.6) is 0 Å². The molecular formula is C20H26N6O. The Labute approximate surface area is 159 Å². The van der Waals surface area contributed by atoms with Crippen molar-refractivity contribution in [3.05, 3.63) is 47.9 Å². The number of amides is 1. The maximum Gasteiger partial charge on any atom is 0.234 e. The Kier molecular flexibility index (Phi) is 6.03. The van der Waals surface area contributed by atoms with Crippen molar-refractivity contribution in [1.82, 2.24) is 25.2 Å². The Morgan fingerprint density at radius 3 is 2.93 bits per heavy atom. The van der Waals surface area contributed by atoms with E-state index in [1.165, 1.54) is 5.56 Å². The summed E-state index contributed by atoms with van der Waals surface area (Å²) >= 11 is 0. The van der Waals surface area contributed by atoms with Crippen LogP contribution >= 0.6 is 0 Å². The third-order valence-electron chi connectivity index (χ3n) is 4.26. The van der Waals surface area contributed by atoms with Gasteiger partial charge in [0.2, 0.25) is 5.91 Å². The maximum absolute atomic E-state index is 11.9. The van der Waals surface area contributed by atoms with Gasteiger partial charge in [-0.25, -0.2) is 9.97 Å². The van der Waals surface area contributed by atoms with Crippen LogP contribution in [0.2, 0.25) is 0 Å². The standard InChI is InChI=1S/C20H26N6O/c1-4-8-21-17(27)12-26(3)11-15-10-22-19-18(15)20(24-13-23-19)25-16-7-5-6-14(2)9-16/h5-7,9-10,13H,4,8,11-12H2,1-3H3,(H,21,27)(H2,22,23,24,25). The minimum atomic E-state index is 0.0357. The number of anilines is 2. The number of aromatic nitrogens is 3. The first-order chi connectivity index (χ1) is 13.1. The molecule has 0 aliphatic carbocycles. The van der Waals surface area contributed by atoms with Crippen LogP contribution in [0.15, 0.2) is 36.8 Å². The Hall–Kier alpha value is -2.93. The molecule has 0 saturated heterocycles. The number of fused-ring (bicyclic) bond motifs is 1. The second-order valence-electron chi connectivity index (χ2n) is 6.78. The number of carbonyl (C=O) groups excluding carboxylic acids is 1. The first-order valence-corrected chi connectivity index (χ1v) is 9.16. The van der Waals surface area contributed by atoms with Crippen molar-refractivity contribution < 1.29 is 4.79 Å². The van der Waals surface area contributed by atoms with Crippen molar-refractivity contribution in [3.8, 4) is 0 Å². The number of nitrogens with zero attached hydrogens (tertiary/aromatic N) is 3. The normalized spacial score (nSPS) is 11.1. The van der Waals surface area contributed by atoms with Crippen LogP contribution in [0.1, 0.15) is 24.5 Å². The number of hydrogen-bond donors (Lipinski definition) is 3. The minimum Gasteiger partial charge on any atom is -0.355 e. The van der Waals surface area contributed by atoms with Crippen molar-refractivity contribution in [1.29, 1.82) is 0 Å². The topological polar surface area (TPSA) is 85.9 Å². The molecule has 2 aromatic heterocycles. The fourth-order valence-corrected chi connectivity index (χ4v) is 3.02. The lowest BCUT2D eigenvalue weighted by molar-refractivity contribution is -0.122. The summed E-state index contributed by atoms with van der Waals surface area (Å²) in [4.78, 5) is 25.9. The monoisotopic (exact) mass is 366 g/mol. The molecule has 2 heterocycles. The lowest BCUT2D eigenvalue weighted by Gasteiger charge is -2.16. The van der Waals surface area contributed by atoms with Gasteiger partial charge in [0.1, 0.15) is 17.8 Å². The molecular weight excluding hydrogens is 340 g/mol. The number of nitrogens with one attached hydrogen (secondary N) is 3. The van der Waals surface area contributed by atoms with E-state index < -0.39 is 0 Å². The molecule has 1 aromatic carbocycles. The molecule has 3 aromatic rings. The molecule has 0 bridgehead atoms. The van der Waals surface area contributed by atoms with Gasteiger partial charge < -0.3 is 15.6 Å². The van der Waals surface area contributed by atoms with Crippen molar-refractivity contribution in [2.24, 2.45) is 0 Å². The number of aromatic amines is 1. The van der Waals surface area contributed by atoms with Crippen LogP contribution in [-0.4, -0.2) is 45.9 Å². The number of likely N-dealkylation sites (N-methyl/N-ethyl adjacent to an activating group) is 1. The van der Waals surface area contributed by atoms with E-state index in [1.54, 1.807) is 6.33 Å². The average molecular weight is 366 g/mol. The van der Waals surface area contributed by atoms with Crippen LogP contribution in [0.4, 0.5) is 11.5 Å². The number of hydrogen-bond acceptors (Lipinski definition) is 5. The summed E-state index contributed by atoms with van der Waals surface area (Å²) in [5.74, 6) is 0.791. The van der Waals surface area contributed by atoms with E-state index in [0.29, 0.717) is 19.6 Å². The highest BCUT2D eigenvalue weighted by molar-refractivity contribution is 5.92. The van der Waals surface area contributed by atoms with Gasteiger partial charge in [0, 0.05) is 25.0 Å². The molecule has 7 heteroatoms. The highest BCUT2D eigenvalue weighted by atomic mass is 16.2. The quantitative estimate of drug-likeness (QED) is 0.571. The molecule has 0 aliphatic rings. The number of benzene rings is 1. The fraction of sp³-hybridized carbons (Fsp3) is 0.350. The maximum atomic E-state index is 11.9. The van der Waals surface area contributed by atoms with E-state index in [1.807, 2.05) is 37.2 Å². The summed E-state index contributed by atoms with van der Waals surface area (Å²) < 4.78 is 0. The molecule has 1 amide bonds. The second kappa shape index (κ2) is 8.64. The van der Waals surface area contributed by atoms with E-state index in [0.717, 1.165) is 34.5 Å².